The van der Waals surface area contributed by atoms with E-state index in [9.17, 15) is 4.79 Å². The Bertz CT molecular complexity index is 327. The quantitative estimate of drug-likeness (QED) is 0.653. The maximum atomic E-state index is 11.5. The lowest BCUT2D eigenvalue weighted by atomic mass is 10.1. The maximum Gasteiger partial charge on any atom is 0.263 e. The van der Waals surface area contributed by atoms with Crippen molar-refractivity contribution in [2.45, 2.75) is 58.9 Å². The number of aromatic nitrogens is 1. The molecule has 0 radical (unpaired) electrons. The first-order valence-electron chi connectivity index (χ1n) is 5.91. The topological polar surface area (TPSA) is 22.0 Å². The predicted octanol–water partition coefficient (Wildman–Crippen LogP) is 3.58. The SMILES string of the molecule is CCCCCCCCn1scc(C)c1=O. The Morgan fingerprint density at radius 2 is 1.87 bits per heavy atom. The molecule has 2 nitrogen and oxygen atoms in total. The molecule has 0 amide bonds. The van der Waals surface area contributed by atoms with Crippen LogP contribution in [0.15, 0.2) is 10.2 Å². The maximum absolute atomic E-state index is 11.5. The Kier molecular flexibility index (Phi) is 5.69. The molecule has 0 fully saturated rings. The van der Waals surface area contributed by atoms with Gasteiger partial charge in [0.15, 0.2) is 0 Å². The Morgan fingerprint density at radius 3 is 2.47 bits per heavy atom. The Morgan fingerprint density at radius 1 is 1.20 bits per heavy atom. The lowest BCUT2D eigenvalue weighted by molar-refractivity contribution is 0.568. The second-order valence-corrected chi connectivity index (χ2v) is 4.97. The lowest BCUT2D eigenvalue weighted by Crippen LogP contribution is -2.14. The fraction of sp³-hybridized carbons (Fsp3) is 0.750. The van der Waals surface area contributed by atoms with E-state index in [1.807, 2.05) is 16.3 Å². The van der Waals surface area contributed by atoms with Crippen LogP contribution in [0, 0.1) is 6.92 Å². The van der Waals surface area contributed by atoms with Gasteiger partial charge in [0.25, 0.3) is 5.56 Å². The monoisotopic (exact) mass is 227 g/mol. The number of hydrogen-bond acceptors (Lipinski definition) is 2. The molecule has 0 N–H and O–H groups in total. The van der Waals surface area contributed by atoms with Gasteiger partial charge in [0.2, 0.25) is 0 Å². The minimum Gasteiger partial charge on any atom is -0.268 e. The summed E-state index contributed by atoms with van der Waals surface area (Å²) in [7, 11) is 0. The van der Waals surface area contributed by atoms with Gasteiger partial charge in [0.1, 0.15) is 0 Å². The van der Waals surface area contributed by atoms with Crippen LogP contribution in [0.5, 0.6) is 0 Å². The van der Waals surface area contributed by atoms with Crippen molar-refractivity contribution < 1.29 is 0 Å². The lowest BCUT2D eigenvalue weighted by Gasteiger charge is -2.00. The zero-order valence-electron chi connectivity index (χ0n) is 9.79. The zero-order chi connectivity index (χ0) is 11.1. The molecule has 86 valence electrons. The van der Waals surface area contributed by atoms with E-state index in [1.165, 1.54) is 32.1 Å². The van der Waals surface area contributed by atoms with Gasteiger partial charge in [-0.1, -0.05) is 50.6 Å². The van der Waals surface area contributed by atoms with Gasteiger partial charge in [-0.3, -0.25) is 8.75 Å². The van der Waals surface area contributed by atoms with Crippen molar-refractivity contribution in [3.05, 3.63) is 21.3 Å². The Balaban J connectivity index is 2.15. The van der Waals surface area contributed by atoms with Gasteiger partial charge in [-0.05, 0) is 13.3 Å². The fourth-order valence-corrected chi connectivity index (χ4v) is 2.49. The highest BCUT2D eigenvalue weighted by molar-refractivity contribution is 7.04. The minimum absolute atomic E-state index is 0.202. The fourth-order valence-electron chi connectivity index (χ4n) is 1.63. The van der Waals surface area contributed by atoms with Crippen LogP contribution < -0.4 is 5.56 Å². The van der Waals surface area contributed by atoms with Crippen molar-refractivity contribution in [1.82, 2.24) is 3.96 Å². The molecule has 1 aromatic rings. The van der Waals surface area contributed by atoms with Crippen molar-refractivity contribution in [2.24, 2.45) is 0 Å². The molecule has 0 spiro atoms. The summed E-state index contributed by atoms with van der Waals surface area (Å²) >= 11 is 1.55. The van der Waals surface area contributed by atoms with E-state index in [1.54, 1.807) is 11.5 Å². The number of unbranched alkanes of at least 4 members (excludes halogenated alkanes) is 5. The van der Waals surface area contributed by atoms with Crippen molar-refractivity contribution in [1.29, 1.82) is 0 Å². The number of rotatable bonds is 7. The molecule has 0 aliphatic rings. The van der Waals surface area contributed by atoms with Crippen LogP contribution in [0.2, 0.25) is 0 Å². The summed E-state index contributed by atoms with van der Waals surface area (Å²) in [6.07, 6.45) is 7.69. The summed E-state index contributed by atoms with van der Waals surface area (Å²) in [5.41, 5.74) is 1.08. The summed E-state index contributed by atoms with van der Waals surface area (Å²) < 4.78 is 1.87. The molecular weight excluding hydrogens is 206 g/mol. The van der Waals surface area contributed by atoms with Crippen LogP contribution in [0.3, 0.4) is 0 Å². The average molecular weight is 227 g/mol. The van der Waals surface area contributed by atoms with Crippen molar-refractivity contribution in [2.75, 3.05) is 0 Å². The molecule has 1 rings (SSSR count). The average Bonchev–Trinajstić information content (AvgIpc) is 2.54. The molecular formula is C12H21NOS. The molecule has 0 saturated carbocycles. The van der Waals surface area contributed by atoms with Crippen molar-refractivity contribution >= 4 is 11.5 Å². The number of nitrogens with zero attached hydrogens (tertiary/aromatic N) is 1. The van der Waals surface area contributed by atoms with E-state index < -0.39 is 0 Å². The van der Waals surface area contributed by atoms with E-state index >= 15 is 0 Å². The highest BCUT2D eigenvalue weighted by Gasteiger charge is 2.00. The summed E-state index contributed by atoms with van der Waals surface area (Å²) in [6.45, 7) is 5.02. The molecule has 0 aliphatic carbocycles. The van der Waals surface area contributed by atoms with Gasteiger partial charge >= 0.3 is 0 Å². The molecule has 0 unspecified atom stereocenters. The Hall–Kier alpha value is -0.570. The van der Waals surface area contributed by atoms with Crippen molar-refractivity contribution in [3.8, 4) is 0 Å². The van der Waals surface area contributed by atoms with E-state index in [2.05, 4.69) is 6.92 Å². The summed E-state index contributed by atoms with van der Waals surface area (Å²) in [4.78, 5) is 11.5. The van der Waals surface area contributed by atoms with Crippen LogP contribution in [-0.2, 0) is 6.54 Å². The molecule has 0 aliphatic heterocycles. The van der Waals surface area contributed by atoms with Crippen molar-refractivity contribution in [3.63, 3.8) is 0 Å². The molecule has 15 heavy (non-hydrogen) atoms. The molecule has 0 saturated heterocycles. The molecule has 0 atom stereocenters. The van der Waals surface area contributed by atoms with E-state index in [0.717, 1.165) is 18.5 Å². The van der Waals surface area contributed by atoms with Gasteiger partial charge in [-0.2, -0.15) is 0 Å². The standard InChI is InChI=1S/C12H21NOS/c1-3-4-5-6-7-8-9-13-12(14)11(2)10-15-13/h10H,3-9H2,1-2H3. The van der Waals surface area contributed by atoms with E-state index in [-0.39, 0.29) is 5.56 Å². The predicted molar refractivity (Wildman–Crippen MR) is 66.7 cm³/mol. The normalized spacial score (nSPS) is 10.8. The molecule has 0 bridgehead atoms. The summed E-state index contributed by atoms with van der Waals surface area (Å²) in [6, 6.07) is 0. The summed E-state index contributed by atoms with van der Waals surface area (Å²) in [5, 5.41) is 1.94. The van der Waals surface area contributed by atoms with Gasteiger partial charge in [0.05, 0.1) is 0 Å². The van der Waals surface area contributed by atoms with Gasteiger partial charge in [-0.15, -0.1) is 0 Å². The second kappa shape index (κ2) is 6.83. The molecule has 1 heterocycles. The van der Waals surface area contributed by atoms with Crippen LogP contribution >= 0.6 is 11.5 Å². The Labute approximate surface area is 96.1 Å². The largest absolute Gasteiger partial charge is 0.268 e. The first-order valence-corrected chi connectivity index (χ1v) is 6.74. The highest BCUT2D eigenvalue weighted by Crippen LogP contribution is 2.07. The van der Waals surface area contributed by atoms with Crippen LogP contribution in [0.4, 0.5) is 0 Å². The minimum atomic E-state index is 0.202. The molecule has 3 heteroatoms. The second-order valence-electron chi connectivity index (χ2n) is 4.08. The third-order valence-corrected chi connectivity index (χ3v) is 3.70. The third-order valence-electron chi connectivity index (χ3n) is 2.64. The zero-order valence-corrected chi connectivity index (χ0v) is 10.6. The van der Waals surface area contributed by atoms with Gasteiger partial charge in [0, 0.05) is 17.5 Å². The van der Waals surface area contributed by atoms with Crippen LogP contribution in [0.1, 0.15) is 51.0 Å². The van der Waals surface area contributed by atoms with Crippen LogP contribution in [0.25, 0.3) is 0 Å². The smallest absolute Gasteiger partial charge is 0.263 e. The first-order chi connectivity index (χ1) is 7.25. The number of hydrogen-bond donors (Lipinski definition) is 0. The molecule has 1 aromatic heterocycles. The first kappa shape index (κ1) is 12.5. The third kappa shape index (κ3) is 4.20. The highest BCUT2D eigenvalue weighted by atomic mass is 32.1. The van der Waals surface area contributed by atoms with Gasteiger partial charge in [-0.25, -0.2) is 0 Å². The molecule has 0 aromatic carbocycles. The summed E-state index contributed by atoms with van der Waals surface area (Å²) in [5.74, 6) is 0. The van der Waals surface area contributed by atoms with E-state index in [4.69, 9.17) is 0 Å². The van der Waals surface area contributed by atoms with Crippen LogP contribution in [-0.4, -0.2) is 3.96 Å². The number of aryl methyl sites for hydroxylation is 2. The van der Waals surface area contributed by atoms with Gasteiger partial charge < -0.3 is 0 Å². The van der Waals surface area contributed by atoms with E-state index in [0.29, 0.717) is 0 Å².